The Kier molecular flexibility index (Phi) is 6.65. The molecule has 0 amide bonds. The van der Waals surface area contributed by atoms with Crippen LogP contribution in [0.25, 0.3) is 0 Å². The smallest absolute Gasteiger partial charge is 0.0829 e. The van der Waals surface area contributed by atoms with E-state index in [0.29, 0.717) is 21.1 Å². The van der Waals surface area contributed by atoms with Crippen LogP contribution < -0.4 is 0 Å². The first-order valence-electron chi connectivity index (χ1n) is 4.44. The molecule has 14 heavy (non-hydrogen) atoms. The summed E-state index contributed by atoms with van der Waals surface area (Å²) in [4.78, 5) is 1.36. The maximum absolute atomic E-state index is 5.71. The molecule has 0 aromatic rings. The van der Waals surface area contributed by atoms with Gasteiger partial charge in [0.15, 0.2) is 0 Å². The van der Waals surface area contributed by atoms with Crippen LogP contribution in [0.4, 0.5) is 0 Å². The van der Waals surface area contributed by atoms with Gasteiger partial charge in [-0.15, -0.1) is 0 Å². The average Bonchev–Trinajstić information content (AvgIpc) is 2.09. The second-order valence-electron chi connectivity index (χ2n) is 3.26. The van der Waals surface area contributed by atoms with E-state index in [0.717, 1.165) is 12.8 Å². The van der Waals surface area contributed by atoms with Crippen LogP contribution in [-0.4, -0.2) is 27.2 Å². The van der Waals surface area contributed by atoms with Gasteiger partial charge in [-0.25, -0.2) is 0 Å². The highest BCUT2D eigenvalue weighted by molar-refractivity contribution is 9.10. The summed E-state index contributed by atoms with van der Waals surface area (Å²) in [6.45, 7) is 0.575. The van der Waals surface area contributed by atoms with Crippen LogP contribution in [0.15, 0.2) is 11.6 Å². The fourth-order valence-electron chi connectivity index (χ4n) is 1.49. The Morgan fingerprint density at radius 2 is 1.79 bits per heavy atom. The van der Waals surface area contributed by atoms with Crippen molar-refractivity contribution in [3.05, 3.63) is 11.6 Å². The molecular weight excluding hydrogens is 399 g/mol. The van der Waals surface area contributed by atoms with Gasteiger partial charge in [-0.3, -0.25) is 0 Å². The number of ether oxygens (including phenoxy) is 1. The predicted octanol–water partition coefficient (Wildman–Crippen LogP) is 4.21. The standard InChI is InChI=1S/C9H12Br3ClO/c10-6-4-7(11)9(8(12)5-6)14-3-1-2-13/h1-2,6-9H,3-5H2/b2-1+. The number of alkyl halides is 3. The zero-order valence-corrected chi connectivity index (χ0v) is 13.0. The van der Waals surface area contributed by atoms with E-state index in [4.69, 9.17) is 16.3 Å². The summed E-state index contributed by atoms with van der Waals surface area (Å²) in [6, 6.07) is 0. The predicted molar refractivity (Wildman–Crippen MR) is 72.1 cm³/mol. The molecule has 1 nitrogen and oxygen atoms in total. The second-order valence-corrected chi connectivity index (χ2v) is 7.16. The van der Waals surface area contributed by atoms with Crippen molar-refractivity contribution in [1.82, 2.24) is 0 Å². The van der Waals surface area contributed by atoms with Crippen LogP contribution in [0.5, 0.6) is 0 Å². The highest BCUT2D eigenvalue weighted by atomic mass is 79.9. The summed E-state index contributed by atoms with van der Waals surface area (Å²) in [7, 11) is 0. The molecular formula is C9H12Br3ClO. The van der Waals surface area contributed by atoms with Gasteiger partial charge in [-0.05, 0) is 18.9 Å². The summed E-state index contributed by atoms with van der Waals surface area (Å²) in [5.41, 5.74) is 1.49. The molecule has 2 unspecified atom stereocenters. The molecule has 2 atom stereocenters. The first kappa shape index (κ1) is 13.5. The Morgan fingerprint density at radius 1 is 1.21 bits per heavy atom. The van der Waals surface area contributed by atoms with E-state index in [9.17, 15) is 0 Å². The molecule has 0 spiro atoms. The molecule has 82 valence electrons. The zero-order chi connectivity index (χ0) is 10.6. The van der Waals surface area contributed by atoms with Crippen molar-refractivity contribution in [3.8, 4) is 0 Å². The second kappa shape index (κ2) is 6.89. The van der Waals surface area contributed by atoms with Crippen LogP contribution >= 0.6 is 59.4 Å². The monoisotopic (exact) mass is 408 g/mol. The first-order chi connectivity index (χ1) is 6.65. The molecule has 0 saturated heterocycles. The highest BCUT2D eigenvalue weighted by Gasteiger charge is 2.34. The van der Waals surface area contributed by atoms with E-state index in [1.54, 1.807) is 6.08 Å². The van der Waals surface area contributed by atoms with E-state index < -0.39 is 0 Å². The van der Waals surface area contributed by atoms with Gasteiger partial charge in [0.25, 0.3) is 0 Å². The Morgan fingerprint density at radius 3 is 2.29 bits per heavy atom. The lowest BCUT2D eigenvalue weighted by atomic mass is 9.97. The number of hydrogen-bond acceptors (Lipinski definition) is 1. The van der Waals surface area contributed by atoms with Crippen LogP contribution in [0, 0.1) is 0 Å². The van der Waals surface area contributed by atoms with E-state index in [2.05, 4.69) is 47.8 Å². The molecule has 1 rings (SSSR count). The summed E-state index contributed by atoms with van der Waals surface area (Å²) < 4.78 is 5.71. The average molecular weight is 411 g/mol. The van der Waals surface area contributed by atoms with E-state index in [-0.39, 0.29) is 6.10 Å². The third-order valence-corrected chi connectivity index (χ3v) is 4.86. The summed E-state index contributed by atoms with van der Waals surface area (Å²) in [5, 5.41) is 0. The van der Waals surface area contributed by atoms with E-state index in [1.165, 1.54) is 5.54 Å². The third kappa shape index (κ3) is 4.12. The number of rotatable bonds is 3. The third-order valence-electron chi connectivity index (χ3n) is 2.15. The van der Waals surface area contributed by atoms with Crippen molar-refractivity contribution in [2.24, 2.45) is 0 Å². The molecule has 5 heteroatoms. The van der Waals surface area contributed by atoms with Crippen molar-refractivity contribution < 1.29 is 4.74 Å². The topological polar surface area (TPSA) is 9.23 Å². The molecule has 1 fully saturated rings. The Labute approximate surface area is 115 Å². The van der Waals surface area contributed by atoms with Crippen LogP contribution in [-0.2, 0) is 4.74 Å². The largest absolute Gasteiger partial charge is 0.372 e. The molecule has 0 aromatic carbocycles. The molecule has 0 aliphatic heterocycles. The normalized spacial score (nSPS) is 39.1. The minimum atomic E-state index is 0.219. The molecule has 1 aliphatic rings. The van der Waals surface area contributed by atoms with Crippen molar-refractivity contribution in [2.75, 3.05) is 6.61 Å². The fraction of sp³-hybridized carbons (Fsp3) is 0.778. The zero-order valence-electron chi connectivity index (χ0n) is 7.51. The van der Waals surface area contributed by atoms with Crippen molar-refractivity contribution in [3.63, 3.8) is 0 Å². The van der Waals surface area contributed by atoms with Gasteiger partial charge in [0.05, 0.1) is 12.7 Å². The van der Waals surface area contributed by atoms with Crippen LogP contribution in [0.3, 0.4) is 0 Å². The van der Waals surface area contributed by atoms with Gasteiger partial charge in [0.1, 0.15) is 0 Å². The fourth-order valence-corrected chi connectivity index (χ4v) is 5.73. The Bertz CT molecular complexity index is 188. The van der Waals surface area contributed by atoms with Gasteiger partial charge < -0.3 is 4.74 Å². The Hall–Kier alpha value is 1.43. The molecule has 0 N–H and O–H groups in total. The molecule has 0 bridgehead atoms. The van der Waals surface area contributed by atoms with E-state index in [1.807, 2.05) is 0 Å². The van der Waals surface area contributed by atoms with Gasteiger partial charge >= 0.3 is 0 Å². The first-order valence-corrected chi connectivity index (χ1v) is 7.62. The minimum absolute atomic E-state index is 0.219. The lowest BCUT2D eigenvalue weighted by Crippen LogP contribution is -2.40. The minimum Gasteiger partial charge on any atom is -0.372 e. The van der Waals surface area contributed by atoms with Crippen molar-refractivity contribution in [1.29, 1.82) is 0 Å². The molecule has 0 aromatic heterocycles. The summed E-state index contributed by atoms with van der Waals surface area (Å²) in [5.74, 6) is 0. The number of halogens is 4. The summed E-state index contributed by atoms with van der Waals surface area (Å²) in [6.07, 6.45) is 4.22. The van der Waals surface area contributed by atoms with Crippen molar-refractivity contribution in [2.45, 2.75) is 33.4 Å². The van der Waals surface area contributed by atoms with Gasteiger partial charge in [0.2, 0.25) is 0 Å². The maximum atomic E-state index is 5.71. The van der Waals surface area contributed by atoms with Gasteiger partial charge in [-0.2, -0.15) is 0 Å². The Balaban J connectivity index is 2.41. The maximum Gasteiger partial charge on any atom is 0.0829 e. The SMILES string of the molecule is Cl/C=C/COC1C(Br)CC(Br)CC1Br. The molecule has 0 radical (unpaired) electrons. The van der Waals surface area contributed by atoms with Gasteiger partial charge in [-0.1, -0.05) is 59.4 Å². The molecule has 1 saturated carbocycles. The number of hydrogen-bond donors (Lipinski definition) is 0. The van der Waals surface area contributed by atoms with Gasteiger partial charge in [0, 0.05) is 20.0 Å². The highest BCUT2D eigenvalue weighted by Crippen LogP contribution is 2.35. The lowest BCUT2D eigenvalue weighted by Gasteiger charge is -2.34. The quantitative estimate of drug-likeness (QED) is 0.633. The van der Waals surface area contributed by atoms with Crippen LogP contribution in [0.1, 0.15) is 12.8 Å². The van der Waals surface area contributed by atoms with Crippen molar-refractivity contribution >= 4 is 59.4 Å². The van der Waals surface area contributed by atoms with E-state index >= 15 is 0 Å². The molecule has 0 heterocycles. The molecule has 1 aliphatic carbocycles. The lowest BCUT2D eigenvalue weighted by molar-refractivity contribution is 0.0609. The summed E-state index contributed by atoms with van der Waals surface area (Å²) >= 11 is 16.3. The van der Waals surface area contributed by atoms with Crippen LogP contribution in [0.2, 0.25) is 0 Å².